The Hall–Kier alpha value is -4.79. The molecule has 5 rings (SSSR count). The smallest absolute Gasteiger partial charge is 0.411 e. The van der Waals surface area contributed by atoms with Gasteiger partial charge in [-0.15, -0.1) is 0 Å². The summed E-state index contributed by atoms with van der Waals surface area (Å²) in [6.07, 6.45) is 5.40. The summed E-state index contributed by atoms with van der Waals surface area (Å²) in [6.45, 7) is 1.59. The fraction of sp³-hybridized carbons (Fsp3) is 0.314. The quantitative estimate of drug-likeness (QED) is 0.205. The van der Waals surface area contributed by atoms with E-state index in [0.717, 1.165) is 47.7 Å². The third-order valence-electron chi connectivity index (χ3n) is 7.85. The lowest BCUT2D eigenvalue weighted by Gasteiger charge is -2.13. The van der Waals surface area contributed by atoms with Crippen LogP contribution in [0.15, 0.2) is 71.8 Å². The first-order valence-electron chi connectivity index (χ1n) is 15.1. The largest absolute Gasteiger partial charge is 0.496 e. The highest BCUT2D eigenvalue weighted by Gasteiger charge is 2.23. The van der Waals surface area contributed by atoms with Crippen molar-refractivity contribution in [3.05, 3.63) is 89.1 Å². The molecule has 0 spiro atoms. The summed E-state index contributed by atoms with van der Waals surface area (Å²) in [4.78, 5) is 25.5. The number of aliphatic hydroxyl groups excluding tert-OH is 1. The molecule has 1 fully saturated rings. The first-order chi connectivity index (χ1) is 22.0. The van der Waals surface area contributed by atoms with Crippen LogP contribution in [-0.4, -0.2) is 49.4 Å². The first-order valence-corrected chi connectivity index (χ1v) is 16.6. The van der Waals surface area contributed by atoms with Crippen molar-refractivity contribution in [1.29, 1.82) is 0 Å². The molecule has 0 radical (unpaired) electrons. The molecule has 2 amide bonds. The predicted molar refractivity (Wildman–Crippen MR) is 175 cm³/mol. The standard InChI is InChI=1S/C35H37N3O7S/c1-23(39)9-8-11-24-10-4-7-14-33(24)46(42,43)37-34(40)26-16-15-25(32(20-26)44-3)19-27-22-38(2)31-18-17-28(21-30(27)31)36-35(41)45-29-12-5-6-13-29/h4,7,10,14-18,20-23,29,39H,5-6,9,12-13,19H2,1-3H3,(H,36,41)(H,37,40). The monoisotopic (exact) mass is 643 g/mol. The number of amides is 2. The molecule has 1 atom stereocenters. The molecule has 1 heterocycles. The molecule has 10 nitrogen and oxygen atoms in total. The average molecular weight is 644 g/mol. The number of rotatable bonds is 9. The zero-order valence-electron chi connectivity index (χ0n) is 26.0. The Morgan fingerprint density at radius 2 is 1.83 bits per heavy atom. The van der Waals surface area contributed by atoms with E-state index in [2.05, 4.69) is 21.9 Å². The second kappa shape index (κ2) is 14.1. The van der Waals surface area contributed by atoms with E-state index in [1.807, 2.05) is 36.0 Å². The maximum Gasteiger partial charge on any atom is 0.411 e. The Morgan fingerprint density at radius 1 is 1.07 bits per heavy atom. The number of anilines is 1. The number of hydrogen-bond donors (Lipinski definition) is 3. The molecule has 46 heavy (non-hydrogen) atoms. The molecule has 11 heteroatoms. The van der Waals surface area contributed by atoms with Crippen LogP contribution in [-0.2, 0) is 28.2 Å². The fourth-order valence-electron chi connectivity index (χ4n) is 5.57. The van der Waals surface area contributed by atoms with E-state index >= 15 is 0 Å². The van der Waals surface area contributed by atoms with Gasteiger partial charge in [-0.05, 0) is 86.2 Å². The van der Waals surface area contributed by atoms with Gasteiger partial charge in [-0.2, -0.15) is 0 Å². The van der Waals surface area contributed by atoms with Gasteiger partial charge in [-0.1, -0.05) is 30.0 Å². The molecule has 4 aromatic rings. The van der Waals surface area contributed by atoms with Crippen LogP contribution in [0.5, 0.6) is 5.75 Å². The molecule has 240 valence electrons. The van der Waals surface area contributed by atoms with Gasteiger partial charge in [0.25, 0.3) is 15.9 Å². The van der Waals surface area contributed by atoms with E-state index in [9.17, 15) is 23.1 Å². The van der Waals surface area contributed by atoms with Crippen molar-refractivity contribution < 1.29 is 32.6 Å². The lowest BCUT2D eigenvalue weighted by Crippen LogP contribution is -2.31. The number of methoxy groups -OCH3 is 1. The lowest BCUT2D eigenvalue weighted by atomic mass is 10.0. The molecule has 1 saturated carbocycles. The van der Waals surface area contributed by atoms with Crippen LogP contribution in [0.3, 0.4) is 0 Å². The lowest BCUT2D eigenvalue weighted by molar-refractivity contribution is 0.0980. The molecule has 0 saturated heterocycles. The minimum absolute atomic E-state index is 0.0369. The summed E-state index contributed by atoms with van der Waals surface area (Å²) in [6, 6.07) is 16.6. The number of carbonyl (C=O) groups excluding carboxylic acids is 2. The summed E-state index contributed by atoms with van der Waals surface area (Å²) in [5.74, 6) is 5.12. The zero-order valence-corrected chi connectivity index (χ0v) is 26.8. The highest BCUT2D eigenvalue weighted by molar-refractivity contribution is 7.90. The molecule has 1 unspecified atom stereocenters. The summed E-state index contributed by atoms with van der Waals surface area (Å²) >= 11 is 0. The normalized spacial score (nSPS) is 13.9. The van der Waals surface area contributed by atoms with E-state index < -0.39 is 28.1 Å². The van der Waals surface area contributed by atoms with E-state index in [4.69, 9.17) is 9.47 Å². The molecule has 0 bridgehead atoms. The summed E-state index contributed by atoms with van der Waals surface area (Å²) < 4.78 is 41.7. The number of sulfonamides is 1. The zero-order chi connectivity index (χ0) is 32.8. The number of hydrogen-bond acceptors (Lipinski definition) is 7. The number of nitrogens with zero attached hydrogens (tertiary/aromatic N) is 1. The van der Waals surface area contributed by atoms with Gasteiger partial charge in [-0.3, -0.25) is 10.1 Å². The van der Waals surface area contributed by atoms with Gasteiger partial charge in [0.1, 0.15) is 16.7 Å². The summed E-state index contributed by atoms with van der Waals surface area (Å²) in [5.41, 5.74) is 3.67. The van der Waals surface area contributed by atoms with Crippen LogP contribution in [0.1, 0.15) is 66.1 Å². The maximum atomic E-state index is 13.2. The number of ether oxygens (including phenoxy) is 2. The summed E-state index contributed by atoms with van der Waals surface area (Å²) in [5, 5.41) is 13.3. The molecule has 1 aromatic heterocycles. The SMILES string of the molecule is COc1cc(C(=O)NS(=O)(=O)c2ccccc2C#CCC(C)O)ccc1Cc1cn(C)c2ccc(NC(=O)OC3CCCC3)cc12. The second-order valence-corrected chi connectivity index (χ2v) is 13.1. The van der Waals surface area contributed by atoms with Crippen molar-refractivity contribution in [3.63, 3.8) is 0 Å². The van der Waals surface area contributed by atoms with Gasteiger partial charge in [0, 0.05) is 53.8 Å². The maximum absolute atomic E-state index is 13.2. The van der Waals surface area contributed by atoms with Crippen LogP contribution in [0.4, 0.5) is 10.5 Å². The van der Waals surface area contributed by atoms with E-state index in [1.165, 1.54) is 19.2 Å². The highest BCUT2D eigenvalue weighted by Crippen LogP contribution is 2.30. The second-order valence-electron chi connectivity index (χ2n) is 11.4. The van der Waals surface area contributed by atoms with Crippen LogP contribution in [0.2, 0.25) is 0 Å². The van der Waals surface area contributed by atoms with Crippen LogP contribution < -0.4 is 14.8 Å². The van der Waals surface area contributed by atoms with Gasteiger partial charge in [0.05, 0.1) is 13.2 Å². The molecular weight excluding hydrogens is 606 g/mol. The number of aliphatic hydroxyl groups is 1. The van der Waals surface area contributed by atoms with Crippen molar-refractivity contribution in [1.82, 2.24) is 9.29 Å². The molecule has 1 aliphatic rings. The highest BCUT2D eigenvalue weighted by atomic mass is 32.2. The minimum Gasteiger partial charge on any atom is -0.496 e. The number of aromatic nitrogens is 1. The first kappa shape index (κ1) is 32.6. The van der Waals surface area contributed by atoms with Gasteiger partial charge in [0.15, 0.2) is 0 Å². The fourth-order valence-corrected chi connectivity index (χ4v) is 6.71. The van der Waals surface area contributed by atoms with Gasteiger partial charge in [0.2, 0.25) is 0 Å². The van der Waals surface area contributed by atoms with Crippen LogP contribution in [0, 0.1) is 11.8 Å². The molecule has 0 aliphatic heterocycles. The topological polar surface area (TPSA) is 136 Å². The van der Waals surface area contributed by atoms with Crippen LogP contribution >= 0.6 is 0 Å². The van der Waals surface area contributed by atoms with Crippen molar-refractivity contribution in [3.8, 4) is 17.6 Å². The average Bonchev–Trinajstić information content (AvgIpc) is 3.64. The molecule has 3 N–H and O–H groups in total. The molecular formula is C35H37N3O7S. The number of fused-ring (bicyclic) bond motifs is 1. The van der Waals surface area contributed by atoms with Crippen molar-refractivity contribution in [2.45, 2.75) is 62.6 Å². The third-order valence-corrected chi connectivity index (χ3v) is 9.24. The Kier molecular flexibility index (Phi) is 9.99. The van der Waals surface area contributed by atoms with Crippen molar-refractivity contribution in [2.75, 3.05) is 12.4 Å². The van der Waals surface area contributed by atoms with Gasteiger partial charge < -0.3 is 19.1 Å². The third kappa shape index (κ3) is 7.70. The molecule has 1 aliphatic carbocycles. The Morgan fingerprint density at radius 3 is 2.57 bits per heavy atom. The van der Waals surface area contributed by atoms with E-state index in [1.54, 1.807) is 37.3 Å². The Balaban J connectivity index is 1.34. The Bertz CT molecular complexity index is 1930. The van der Waals surface area contributed by atoms with Crippen LogP contribution in [0.25, 0.3) is 10.9 Å². The van der Waals surface area contributed by atoms with Crippen molar-refractivity contribution in [2.24, 2.45) is 7.05 Å². The molecule has 3 aromatic carbocycles. The predicted octanol–water partition coefficient (Wildman–Crippen LogP) is 5.51. The van der Waals surface area contributed by atoms with E-state index in [-0.39, 0.29) is 28.5 Å². The van der Waals surface area contributed by atoms with Gasteiger partial charge >= 0.3 is 6.09 Å². The van der Waals surface area contributed by atoms with Crippen molar-refractivity contribution >= 4 is 38.6 Å². The number of benzene rings is 3. The van der Waals surface area contributed by atoms with Gasteiger partial charge in [-0.25, -0.2) is 17.9 Å². The number of nitrogens with one attached hydrogen (secondary N) is 2. The Labute approximate surface area is 268 Å². The minimum atomic E-state index is -4.26. The van der Waals surface area contributed by atoms with E-state index in [0.29, 0.717) is 17.9 Å². The number of carbonyl (C=O) groups is 2. The summed E-state index contributed by atoms with van der Waals surface area (Å²) in [7, 11) is -0.829. The number of aryl methyl sites for hydroxylation is 1.